The second-order valence-electron chi connectivity index (χ2n) is 3.56. The number of carbonyl (C=O) groups excluding carboxylic acids is 1. The number of Topliss-reactive ketones (excluding diaryl/α,β-unsaturated/α-hetero) is 1. The lowest BCUT2D eigenvalue weighted by Crippen LogP contribution is -2.15. The molecule has 1 aromatic rings. The minimum atomic E-state index is -0.154. The molecule has 0 fully saturated rings. The fourth-order valence-electron chi connectivity index (χ4n) is 1.63. The molecule has 0 aliphatic rings. The summed E-state index contributed by atoms with van der Waals surface area (Å²) in [5, 5.41) is 0. The van der Waals surface area contributed by atoms with Crippen LogP contribution in [0.1, 0.15) is 21.5 Å². The second-order valence-corrected chi connectivity index (χ2v) is 3.56. The Morgan fingerprint density at radius 1 is 1.25 bits per heavy atom. The van der Waals surface area contributed by atoms with Gasteiger partial charge in [-0.15, -0.1) is 0 Å². The zero-order valence-corrected chi connectivity index (χ0v) is 10.1. The Bertz CT molecular complexity index is 413. The predicted molar refractivity (Wildman–Crippen MR) is 62.4 cm³/mol. The van der Waals surface area contributed by atoms with E-state index in [-0.39, 0.29) is 12.3 Å². The molecular weight excluding hydrogens is 206 g/mol. The zero-order valence-electron chi connectivity index (χ0n) is 10.1. The lowest BCUT2D eigenvalue weighted by atomic mass is 10.0. The van der Waals surface area contributed by atoms with E-state index in [1.807, 2.05) is 13.8 Å². The molecule has 0 bridgehead atoms. The molecule has 16 heavy (non-hydrogen) atoms. The normalized spacial score (nSPS) is 10.1. The zero-order chi connectivity index (χ0) is 12.3. The third-order valence-corrected chi connectivity index (χ3v) is 2.64. The summed E-state index contributed by atoms with van der Waals surface area (Å²) in [7, 11) is 3.07. The average Bonchev–Trinajstić information content (AvgIpc) is 2.30. The first-order chi connectivity index (χ1) is 7.56. The molecule has 1 aromatic carbocycles. The van der Waals surface area contributed by atoms with Crippen molar-refractivity contribution in [1.82, 2.24) is 0 Å². The number of ketones is 1. The van der Waals surface area contributed by atoms with Crippen molar-refractivity contribution in [3.05, 3.63) is 22.8 Å². The molecule has 0 unspecified atom stereocenters. The van der Waals surface area contributed by atoms with Crippen LogP contribution in [0.2, 0.25) is 0 Å². The number of rotatable bonds is 4. The van der Waals surface area contributed by atoms with Crippen LogP contribution in [0.15, 0.2) is 6.07 Å². The molecule has 1 rings (SSSR count). The Morgan fingerprint density at radius 2 is 1.81 bits per heavy atom. The van der Waals surface area contributed by atoms with E-state index < -0.39 is 0 Å². The van der Waals surface area contributed by atoms with E-state index in [2.05, 4.69) is 0 Å². The van der Waals surface area contributed by atoms with Gasteiger partial charge in [0.15, 0.2) is 17.3 Å². The van der Waals surface area contributed by atoms with Crippen molar-refractivity contribution in [3.63, 3.8) is 0 Å². The Balaban J connectivity index is 3.49. The van der Waals surface area contributed by atoms with Crippen molar-refractivity contribution in [2.45, 2.75) is 13.8 Å². The van der Waals surface area contributed by atoms with Crippen LogP contribution >= 0.6 is 0 Å². The molecule has 0 amide bonds. The molecule has 88 valence electrons. The van der Waals surface area contributed by atoms with Crippen molar-refractivity contribution in [2.75, 3.05) is 20.8 Å². The summed E-state index contributed by atoms with van der Waals surface area (Å²) < 4.78 is 10.5. The number of ether oxygens (including phenoxy) is 2. The maximum absolute atomic E-state index is 11.7. The third-order valence-electron chi connectivity index (χ3n) is 2.64. The fraction of sp³-hybridized carbons (Fsp3) is 0.417. The largest absolute Gasteiger partial charge is 0.493 e. The van der Waals surface area contributed by atoms with Gasteiger partial charge in [-0.3, -0.25) is 4.79 Å². The van der Waals surface area contributed by atoms with Gasteiger partial charge in [0, 0.05) is 0 Å². The lowest BCUT2D eigenvalue weighted by Gasteiger charge is -2.16. The van der Waals surface area contributed by atoms with Gasteiger partial charge in [0.1, 0.15) is 0 Å². The number of hydrogen-bond acceptors (Lipinski definition) is 4. The number of nitrogens with two attached hydrogens (primary N) is 1. The number of aryl methyl sites for hydroxylation is 1. The first-order valence-electron chi connectivity index (χ1n) is 5.02. The smallest absolute Gasteiger partial charge is 0.180 e. The van der Waals surface area contributed by atoms with E-state index >= 15 is 0 Å². The molecule has 0 saturated carbocycles. The van der Waals surface area contributed by atoms with Gasteiger partial charge in [-0.1, -0.05) is 0 Å². The van der Waals surface area contributed by atoms with Crippen LogP contribution in [0.25, 0.3) is 0 Å². The van der Waals surface area contributed by atoms with E-state index in [0.717, 1.165) is 11.1 Å². The summed E-state index contributed by atoms with van der Waals surface area (Å²) in [5.74, 6) is 0.901. The molecule has 0 aromatic heterocycles. The molecule has 0 spiro atoms. The Labute approximate surface area is 95.3 Å². The third kappa shape index (κ3) is 2.02. The quantitative estimate of drug-likeness (QED) is 0.785. The summed E-state index contributed by atoms with van der Waals surface area (Å²) in [6.45, 7) is 3.81. The maximum Gasteiger partial charge on any atom is 0.180 e. The second kappa shape index (κ2) is 4.99. The molecule has 2 N–H and O–H groups in total. The van der Waals surface area contributed by atoms with Crippen LogP contribution in [-0.4, -0.2) is 26.5 Å². The molecule has 4 heteroatoms. The highest BCUT2D eigenvalue weighted by Gasteiger charge is 2.19. The number of carbonyl (C=O) groups is 1. The van der Waals surface area contributed by atoms with Crippen molar-refractivity contribution in [1.29, 1.82) is 0 Å². The molecule has 0 atom stereocenters. The van der Waals surface area contributed by atoms with Gasteiger partial charge in [-0.05, 0) is 31.0 Å². The topological polar surface area (TPSA) is 61.5 Å². The van der Waals surface area contributed by atoms with E-state index in [1.54, 1.807) is 13.2 Å². The summed E-state index contributed by atoms with van der Waals surface area (Å²) in [5.41, 5.74) is 7.78. The highest BCUT2D eigenvalue weighted by molar-refractivity contribution is 6.01. The van der Waals surface area contributed by atoms with Gasteiger partial charge in [0.05, 0.1) is 26.3 Å². The van der Waals surface area contributed by atoms with Gasteiger partial charge in [0.25, 0.3) is 0 Å². The summed E-state index contributed by atoms with van der Waals surface area (Å²) in [6.07, 6.45) is 0. The van der Waals surface area contributed by atoms with Gasteiger partial charge < -0.3 is 15.2 Å². The minimum Gasteiger partial charge on any atom is -0.493 e. The molecule has 0 heterocycles. The van der Waals surface area contributed by atoms with Crippen molar-refractivity contribution in [3.8, 4) is 11.5 Å². The Hall–Kier alpha value is -1.55. The average molecular weight is 223 g/mol. The lowest BCUT2D eigenvalue weighted by molar-refractivity contribution is 0.0997. The van der Waals surface area contributed by atoms with Crippen LogP contribution in [0.4, 0.5) is 0 Å². The van der Waals surface area contributed by atoms with E-state index in [9.17, 15) is 4.79 Å². The van der Waals surface area contributed by atoms with Gasteiger partial charge in [-0.2, -0.15) is 0 Å². The van der Waals surface area contributed by atoms with E-state index in [4.69, 9.17) is 15.2 Å². The van der Waals surface area contributed by atoms with Crippen LogP contribution in [0.5, 0.6) is 11.5 Å². The van der Waals surface area contributed by atoms with Crippen molar-refractivity contribution >= 4 is 5.78 Å². The molecule has 0 radical (unpaired) electrons. The summed E-state index contributed by atoms with van der Waals surface area (Å²) >= 11 is 0. The number of benzene rings is 1. The molecule has 0 aliphatic heterocycles. The summed E-state index contributed by atoms with van der Waals surface area (Å²) in [6, 6.07) is 1.78. The Kier molecular flexibility index (Phi) is 3.90. The monoisotopic (exact) mass is 223 g/mol. The molecule has 0 aliphatic carbocycles. The minimum absolute atomic E-state index is 0.0397. The predicted octanol–water partition coefficient (Wildman–Crippen LogP) is 1.46. The van der Waals surface area contributed by atoms with E-state index in [1.165, 1.54) is 7.11 Å². The first kappa shape index (κ1) is 12.5. The first-order valence-corrected chi connectivity index (χ1v) is 5.02. The summed E-state index contributed by atoms with van der Waals surface area (Å²) in [4.78, 5) is 11.7. The molecule has 4 nitrogen and oxygen atoms in total. The molecule has 0 saturated heterocycles. The highest BCUT2D eigenvalue weighted by Crippen LogP contribution is 2.36. The SMILES string of the molecule is COc1c(C(=O)CN)cc(C)c(C)c1OC. The van der Waals surface area contributed by atoms with Crippen LogP contribution < -0.4 is 15.2 Å². The standard InChI is InChI=1S/C12H17NO3/c1-7-5-9(10(14)6-13)12(16-4)11(15-3)8(7)2/h5H,6,13H2,1-4H3. The Morgan fingerprint density at radius 3 is 2.25 bits per heavy atom. The maximum atomic E-state index is 11.7. The fourth-order valence-corrected chi connectivity index (χ4v) is 1.63. The van der Waals surface area contributed by atoms with E-state index in [0.29, 0.717) is 17.1 Å². The number of methoxy groups -OCH3 is 2. The highest BCUT2D eigenvalue weighted by atomic mass is 16.5. The van der Waals surface area contributed by atoms with Gasteiger partial charge in [0.2, 0.25) is 0 Å². The molecular formula is C12H17NO3. The van der Waals surface area contributed by atoms with Crippen LogP contribution in [-0.2, 0) is 0 Å². The van der Waals surface area contributed by atoms with Gasteiger partial charge >= 0.3 is 0 Å². The van der Waals surface area contributed by atoms with Crippen LogP contribution in [0.3, 0.4) is 0 Å². The van der Waals surface area contributed by atoms with Gasteiger partial charge in [-0.25, -0.2) is 0 Å². The number of hydrogen-bond donors (Lipinski definition) is 1. The van der Waals surface area contributed by atoms with Crippen molar-refractivity contribution in [2.24, 2.45) is 5.73 Å². The van der Waals surface area contributed by atoms with Crippen molar-refractivity contribution < 1.29 is 14.3 Å². The van der Waals surface area contributed by atoms with Crippen LogP contribution in [0, 0.1) is 13.8 Å².